The molecule has 1 aromatic carbocycles. The van der Waals surface area contributed by atoms with Gasteiger partial charge in [-0.2, -0.15) is 0 Å². The Morgan fingerprint density at radius 3 is 2.62 bits per heavy atom. The Morgan fingerprint density at radius 1 is 1.04 bits per heavy atom. The molecule has 26 heavy (non-hydrogen) atoms. The van der Waals surface area contributed by atoms with E-state index in [0.29, 0.717) is 11.0 Å². The molecule has 0 atom stereocenters. The van der Waals surface area contributed by atoms with E-state index >= 15 is 0 Å². The molecule has 1 aliphatic carbocycles. The average molecular weight is 369 g/mol. The monoisotopic (exact) mass is 369 g/mol. The van der Waals surface area contributed by atoms with E-state index in [4.69, 9.17) is 14.5 Å². The van der Waals surface area contributed by atoms with Gasteiger partial charge in [0.15, 0.2) is 16.7 Å². The highest BCUT2D eigenvalue weighted by Gasteiger charge is 2.18. The number of aromatic nitrogens is 3. The number of methoxy groups -OCH3 is 2. The van der Waals surface area contributed by atoms with Crippen molar-refractivity contribution in [3.63, 3.8) is 0 Å². The van der Waals surface area contributed by atoms with Crippen molar-refractivity contribution >= 4 is 17.4 Å². The van der Waals surface area contributed by atoms with Gasteiger partial charge < -0.3 is 9.47 Å². The van der Waals surface area contributed by atoms with Gasteiger partial charge in [0.2, 0.25) is 0 Å². The fourth-order valence-corrected chi connectivity index (χ4v) is 4.74. The number of rotatable bonds is 5. The molecule has 1 saturated carbocycles. The molecule has 0 bridgehead atoms. The second-order valence-electron chi connectivity index (χ2n) is 6.53. The molecule has 3 aromatic rings. The third-order valence-corrected chi connectivity index (χ3v) is 6.16. The van der Waals surface area contributed by atoms with Gasteiger partial charge >= 0.3 is 0 Å². The number of nitrogens with zero attached hydrogens (tertiary/aromatic N) is 3. The van der Waals surface area contributed by atoms with E-state index in [-0.39, 0.29) is 0 Å². The Morgan fingerprint density at radius 2 is 1.85 bits per heavy atom. The molecule has 2 aromatic heterocycles. The molecule has 0 N–H and O–H groups in total. The maximum atomic E-state index is 5.44. The molecule has 4 rings (SSSR count). The number of ether oxygens (including phenoxy) is 2. The first-order valence-corrected chi connectivity index (χ1v) is 9.89. The van der Waals surface area contributed by atoms with Crippen LogP contribution in [0.15, 0.2) is 41.8 Å². The third-order valence-electron chi connectivity index (χ3n) is 4.86. The lowest BCUT2D eigenvalue weighted by Crippen LogP contribution is -2.09. The molecule has 2 heterocycles. The van der Waals surface area contributed by atoms with Crippen LogP contribution in [-0.4, -0.2) is 33.8 Å². The summed E-state index contributed by atoms with van der Waals surface area (Å²) in [7, 11) is 3.29. The SMILES string of the molecule is COc1ccc(-c2cc3nccn3c(SC3CCCCC3)n2)cc1OC. The first-order valence-electron chi connectivity index (χ1n) is 9.01. The largest absolute Gasteiger partial charge is 0.493 e. The lowest BCUT2D eigenvalue weighted by atomic mass is 10.0. The van der Waals surface area contributed by atoms with E-state index in [0.717, 1.165) is 27.8 Å². The summed E-state index contributed by atoms with van der Waals surface area (Å²) in [6.45, 7) is 0. The van der Waals surface area contributed by atoms with Crippen LogP contribution in [0.5, 0.6) is 11.5 Å². The zero-order chi connectivity index (χ0) is 17.9. The zero-order valence-electron chi connectivity index (χ0n) is 15.1. The molecular weight excluding hydrogens is 346 g/mol. The van der Waals surface area contributed by atoms with Crippen LogP contribution in [0.4, 0.5) is 0 Å². The second-order valence-corrected chi connectivity index (χ2v) is 7.79. The lowest BCUT2D eigenvalue weighted by Gasteiger charge is -2.21. The second kappa shape index (κ2) is 7.58. The van der Waals surface area contributed by atoms with E-state index < -0.39 is 0 Å². The number of fused-ring (bicyclic) bond motifs is 1. The van der Waals surface area contributed by atoms with Gasteiger partial charge in [-0.25, -0.2) is 9.97 Å². The molecule has 1 fully saturated rings. The minimum atomic E-state index is 0.641. The van der Waals surface area contributed by atoms with Crippen molar-refractivity contribution < 1.29 is 9.47 Å². The summed E-state index contributed by atoms with van der Waals surface area (Å²) >= 11 is 1.88. The van der Waals surface area contributed by atoms with Crippen LogP contribution in [0, 0.1) is 0 Å². The van der Waals surface area contributed by atoms with Crippen molar-refractivity contribution in [3.05, 3.63) is 36.7 Å². The summed E-state index contributed by atoms with van der Waals surface area (Å²) in [5.41, 5.74) is 2.82. The number of imidazole rings is 1. The zero-order valence-corrected chi connectivity index (χ0v) is 16.0. The van der Waals surface area contributed by atoms with Gasteiger partial charge in [-0.3, -0.25) is 4.40 Å². The van der Waals surface area contributed by atoms with E-state index in [1.165, 1.54) is 32.1 Å². The van der Waals surface area contributed by atoms with Crippen molar-refractivity contribution in [2.45, 2.75) is 42.5 Å². The number of benzene rings is 1. The highest BCUT2D eigenvalue weighted by atomic mass is 32.2. The first kappa shape index (κ1) is 17.2. The normalized spacial score (nSPS) is 15.3. The van der Waals surface area contributed by atoms with Crippen molar-refractivity contribution in [3.8, 4) is 22.8 Å². The molecular formula is C20H23N3O2S. The average Bonchev–Trinajstić information content (AvgIpc) is 3.17. The fourth-order valence-electron chi connectivity index (χ4n) is 3.45. The minimum absolute atomic E-state index is 0.641. The molecule has 5 nitrogen and oxygen atoms in total. The maximum Gasteiger partial charge on any atom is 0.174 e. The van der Waals surface area contributed by atoms with Gasteiger partial charge in [-0.05, 0) is 31.0 Å². The summed E-state index contributed by atoms with van der Waals surface area (Å²) in [5, 5.41) is 1.65. The van der Waals surface area contributed by atoms with Crippen LogP contribution >= 0.6 is 11.8 Å². The standard InChI is InChI=1S/C20H23N3O2S/c1-24-17-9-8-14(12-18(17)25-2)16-13-19-21-10-11-23(19)20(22-16)26-15-6-4-3-5-7-15/h8-13,15H,3-7H2,1-2H3. The Labute approximate surface area is 157 Å². The molecule has 136 valence electrons. The summed E-state index contributed by atoms with van der Waals surface area (Å²) in [5.74, 6) is 1.42. The molecule has 0 radical (unpaired) electrons. The quantitative estimate of drug-likeness (QED) is 0.602. The molecule has 6 heteroatoms. The van der Waals surface area contributed by atoms with Crippen LogP contribution < -0.4 is 9.47 Å². The van der Waals surface area contributed by atoms with Crippen LogP contribution in [0.25, 0.3) is 16.9 Å². The van der Waals surface area contributed by atoms with Crippen LogP contribution in [0.1, 0.15) is 32.1 Å². The molecule has 0 saturated heterocycles. The predicted molar refractivity (Wildman–Crippen MR) is 104 cm³/mol. The Bertz CT molecular complexity index is 903. The van der Waals surface area contributed by atoms with Crippen molar-refractivity contribution in [1.82, 2.24) is 14.4 Å². The molecule has 1 aliphatic rings. The van der Waals surface area contributed by atoms with E-state index in [2.05, 4.69) is 9.38 Å². The van der Waals surface area contributed by atoms with E-state index in [1.807, 2.05) is 48.4 Å². The lowest BCUT2D eigenvalue weighted by molar-refractivity contribution is 0.355. The number of hydrogen-bond acceptors (Lipinski definition) is 5. The van der Waals surface area contributed by atoms with E-state index in [1.54, 1.807) is 14.2 Å². The summed E-state index contributed by atoms with van der Waals surface area (Å²) < 4.78 is 12.9. The fraction of sp³-hybridized carbons (Fsp3) is 0.400. The smallest absolute Gasteiger partial charge is 0.174 e. The van der Waals surface area contributed by atoms with Crippen LogP contribution in [0.3, 0.4) is 0 Å². The highest BCUT2D eigenvalue weighted by molar-refractivity contribution is 7.99. The topological polar surface area (TPSA) is 48.7 Å². The highest BCUT2D eigenvalue weighted by Crippen LogP contribution is 2.36. The Balaban J connectivity index is 1.73. The molecule has 0 unspecified atom stereocenters. The summed E-state index contributed by atoms with van der Waals surface area (Å²) in [6.07, 6.45) is 10.4. The predicted octanol–water partition coefficient (Wildman–Crippen LogP) is 4.84. The summed E-state index contributed by atoms with van der Waals surface area (Å²) in [4.78, 5) is 9.45. The number of hydrogen-bond donors (Lipinski definition) is 0. The third kappa shape index (κ3) is 3.38. The first-order chi connectivity index (χ1) is 12.8. The van der Waals surface area contributed by atoms with Gasteiger partial charge in [0.25, 0.3) is 0 Å². The van der Waals surface area contributed by atoms with E-state index in [9.17, 15) is 0 Å². The Kier molecular flexibility index (Phi) is 5.02. The van der Waals surface area contributed by atoms with Crippen molar-refractivity contribution in [2.75, 3.05) is 14.2 Å². The summed E-state index contributed by atoms with van der Waals surface area (Å²) in [6, 6.07) is 7.92. The van der Waals surface area contributed by atoms with Crippen molar-refractivity contribution in [1.29, 1.82) is 0 Å². The van der Waals surface area contributed by atoms with Gasteiger partial charge in [0.05, 0.1) is 19.9 Å². The van der Waals surface area contributed by atoms with Crippen LogP contribution in [-0.2, 0) is 0 Å². The van der Waals surface area contributed by atoms with Crippen molar-refractivity contribution in [2.24, 2.45) is 0 Å². The van der Waals surface area contributed by atoms with Crippen LogP contribution in [0.2, 0.25) is 0 Å². The molecule has 0 spiro atoms. The molecule has 0 amide bonds. The minimum Gasteiger partial charge on any atom is -0.493 e. The molecule has 0 aliphatic heterocycles. The number of thioether (sulfide) groups is 1. The van der Waals surface area contributed by atoms with Gasteiger partial charge in [-0.15, -0.1) is 0 Å². The van der Waals surface area contributed by atoms with Gasteiger partial charge in [0.1, 0.15) is 5.65 Å². The van der Waals surface area contributed by atoms with Gasteiger partial charge in [0, 0.05) is 29.3 Å². The van der Waals surface area contributed by atoms with Gasteiger partial charge in [-0.1, -0.05) is 31.0 Å². The maximum absolute atomic E-state index is 5.44. The Hall–Kier alpha value is -2.21.